The molecule has 2 aromatic rings. The molecule has 8 heteroatoms. The van der Waals surface area contributed by atoms with Gasteiger partial charge in [0.25, 0.3) is 5.91 Å². The maximum atomic E-state index is 12.9. The number of carbonyl (C=O) groups is 3. The number of hydrogen-bond donors (Lipinski definition) is 1. The molecule has 0 saturated carbocycles. The third kappa shape index (κ3) is 4.06. The van der Waals surface area contributed by atoms with E-state index < -0.39 is 11.6 Å². The van der Waals surface area contributed by atoms with Gasteiger partial charge in [0.1, 0.15) is 5.54 Å². The highest BCUT2D eigenvalue weighted by Crippen LogP contribution is 2.24. The van der Waals surface area contributed by atoms with Crippen LogP contribution in [0.25, 0.3) is 11.3 Å². The number of urea groups is 1. The SMILES string of the molecule is Cc1ccc(-c2cc3n(n2)CCCN(C(=O)CCN2C(=O)NC(C)(C)C2=O)C3)cc1C. The van der Waals surface area contributed by atoms with Gasteiger partial charge in [0.15, 0.2) is 0 Å². The van der Waals surface area contributed by atoms with Crippen molar-refractivity contribution in [1.82, 2.24) is 24.9 Å². The lowest BCUT2D eigenvalue weighted by atomic mass is 10.0. The van der Waals surface area contributed by atoms with E-state index in [9.17, 15) is 14.4 Å². The van der Waals surface area contributed by atoms with E-state index >= 15 is 0 Å². The summed E-state index contributed by atoms with van der Waals surface area (Å²) in [6, 6.07) is 7.93. The van der Waals surface area contributed by atoms with Crippen molar-refractivity contribution in [3.8, 4) is 11.3 Å². The molecule has 4 rings (SSSR count). The van der Waals surface area contributed by atoms with E-state index in [1.807, 2.05) is 4.68 Å². The molecule has 8 nitrogen and oxygen atoms in total. The van der Waals surface area contributed by atoms with Gasteiger partial charge in [-0.25, -0.2) is 4.79 Å². The Morgan fingerprint density at radius 1 is 1.13 bits per heavy atom. The van der Waals surface area contributed by atoms with Crippen molar-refractivity contribution in [2.24, 2.45) is 0 Å². The molecule has 3 heterocycles. The zero-order chi connectivity index (χ0) is 22.3. The minimum atomic E-state index is -0.917. The van der Waals surface area contributed by atoms with Crippen LogP contribution >= 0.6 is 0 Å². The van der Waals surface area contributed by atoms with Crippen molar-refractivity contribution in [1.29, 1.82) is 0 Å². The first-order valence-electron chi connectivity index (χ1n) is 10.7. The number of hydrogen-bond acceptors (Lipinski definition) is 4. The van der Waals surface area contributed by atoms with Crippen molar-refractivity contribution in [3.63, 3.8) is 0 Å². The molecule has 0 atom stereocenters. The Morgan fingerprint density at radius 2 is 1.90 bits per heavy atom. The second kappa shape index (κ2) is 7.83. The molecule has 1 N–H and O–H groups in total. The highest BCUT2D eigenvalue weighted by molar-refractivity contribution is 6.06. The number of benzene rings is 1. The number of nitrogens with one attached hydrogen (secondary N) is 1. The second-order valence-electron chi connectivity index (χ2n) is 8.97. The number of imide groups is 1. The minimum Gasteiger partial charge on any atom is -0.337 e. The summed E-state index contributed by atoms with van der Waals surface area (Å²) in [6.45, 7) is 9.46. The van der Waals surface area contributed by atoms with Crippen LogP contribution < -0.4 is 5.32 Å². The van der Waals surface area contributed by atoms with Crippen LogP contribution in [0.2, 0.25) is 0 Å². The fraction of sp³-hybridized carbons (Fsp3) is 0.478. The number of aromatic nitrogens is 2. The Balaban J connectivity index is 1.44. The fourth-order valence-electron chi connectivity index (χ4n) is 4.10. The van der Waals surface area contributed by atoms with E-state index in [2.05, 4.69) is 43.4 Å². The van der Waals surface area contributed by atoms with Crippen molar-refractivity contribution >= 4 is 17.8 Å². The molecule has 2 aliphatic heterocycles. The summed E-state index contributed by atoms with van der Waals surface area (Å²) in [6.07, 6.45) is 0.927. The Bertz CT molecular complexity index is 1060. The molecule has 31 heavy (non-hydrogen) atoms. The molecule has 0 bridgehead atoms. The van der Waals surface area contributed by atoms with E-state index in [0.717, 1.165) is 34.8 Å². The summed E-state index contributed by atoms with van der Waals surface area (Å²) < 4.78 is 1.98. The van der Waals surface area contributed by atoms with Gasteiger partial charge in [-0.05, 0) is 57.4 Å². The number of carbonyl (C=O) groups excluding carboxylic acids is 3. The van der Waals surface area contributed by atoms with Gasteiger partial charge in [-0.3, -0.25) is 19.2 Å². The molecule has 0 aliphatic carbocycles. The van der Waals surface area contributed by atoms with E-state index in [4.69, 9.17) is 5.10 Å². The molecule has 0 unspecified atom stereocenters. The van der Waals surface area contributed by atoms with E-state index in [1.165, 1.54) is 11.1 Å². The zero-order valence-electron chi connectivity index (χ0n) is 18.6. The monoisotopic (exact) mass is 423 g/mol. The fourth-order valence-corrected chi connectivity index (χ4v) is 4.10. The van der Waals surface area contributed by atoms with Crippen molar-refractivity contribution in [2.75, 3.05) is 13.1 Å². The lowest BCUT2D eigenvalue weighted by Crippen LogP contribution is -2.41. The van der Waals surface area contributed by atoms with Gasteiger partial charge in [-0.1, -0.05) is 12.1 Å². The number of rotatable bonds is 4. The van der Waals surface area contributed by atoms with Gasteiger partial charge in [0, 0.05) is 31.6 Å². The van der Waals surface area contributed by atoms with Gasteiger partial charge in [0.2, 0.25) is 5.91 Å². The number of amides is 4. The van der Waals surface area contributed by atoms with Crippen LogP contribution in [0.4, 0.5) is 4.79 Å². The quantitative estimate of drug-likeness (QED) is 0.766. The van der Waals surface area contributed by atoms with E-state index in [-0.39, 0.29) is 24.8 Å². The summed E-state index contributed by atoms with van der Waals surface area (Å²) in [4.78, 5) is 40.2. The third-order valence-electron chi connectivity index (χ3n) is 6.16. The Kier molecular flexibility index (Phi) is 5.33. The maximum absolute atomic E-state index is 12.9. The molecular formula is C23H29N5O3. The van der Waals surface area contributed by atoms with E-state index in [0.29, 0.717) is 13.1 Å². The molecule has 1 saturated heterocycles. The van der Waals surface area contributed by atoms with Crippen LogP contribution in [0.3, 0.4) is 0 Å². The summed E-state index contributed by atoms with van der Waals surface area (Å²) in [5.74, 6) is -0.357. The van der Waals surface area contributed by atoms with Gasteiger partial charge in [-0.15, -0.1) is 0 Å². The lowest BCUT2D eigenvalue weighted by Gasteiger charge is -2.21. The Labute approximate surface area is 182 Å². The summed E-state index contributed by atoms with van der Waals surface area (Å²) in [7, 11) is 0. The van der Waals surface area contributed by atoms with Crippen LogP contribution in [0.1, 0.15) is 43.5 Å². The van der Waals surface area contributed by atoms with Gasteiger partial charge < -0.3 is 10.2 Å². The summed E-state index contributed by atoms with van der Waals surface area (Å²) in [5.41, 5.74) is 4.53. The van der Waals surface area contributed by atoms with Crippen molar-refractivity contribution in [2.45, 2.75) is 59.2 Å². The first kappa shape index (κ1) is 21.1. The smallest absolute Gasteiger partial charge is 0.325 e. The zero-order valence-corrected chi connectivity index (χ0v) is 18.6. The van der Waals surface area contributed by atoms with Crippen LogP contribution in [0.15, 0.2) is 24.3 Å². The Hall–Kier alpha value is -3.16. The first-order chi connectivity index (χ1) is 14.7. The average Bonchev–Trinajstić information content (AvgIpc) is 3.10. The standard InChI is InChI=1S/C23H29N5O3/c1-15-6-7-17(12-16(15)2)19-13-18-14-26(9-5-10-28(18)25-19)20(29)8-11-27-21(30)23(3,4)24-22(27)31/h6-7,12-13H,5,8-11,14H2,1-4H3,(H,24,31). The van der Waals surface area contributed by atoms with Gasteiger partial charge in [0.05, 0.1) is 17.9 Å². The topological polar surface area (TPSA) is 87.5 Å². The van der Waals surface area contributed by atoms with Crippen LogP contribution in [0, 0.1) is 13.8 Å². The minimum absolute atomic E-state index is 0.0623. The molecule has 4 amide bonds. The van der Waals surface area contributed by atoms with Crippen LogP contribution in [-0.4, -0.2) is 56.1 Å². The van der Waals surface area contributed by atoms with Crippen LogP contribution in [-0.2, 0) is 22.7 Å². The van der Waals surface area contributed by atoms with E-state index in [1.54, 1.807) is 18.7 Å². The molecular weight excluding hydrogens is 394 g/mol. The lowest BCUT2D eigenvalue weighted by molar-refractivity contribution is -0.133. The van der Waals surface area contributed by atoms with Gasteiger partial charge in [-0.2, -0.15) is 5.10 Å². The predicted octanol–water partition coefficient (Wildman–Crippen LogP) is 2.62. The van der Waals surface area contributed by atoms with Crippen LogP contribution in [0.5, 0.6) is 0 Å². The third-order valence-corrected chi connectivity index (χ3v) is 6.16. The molecule has 164 valence electrons. The number of fused-ring (bicyclic) bond motifs is 1. The van der Waals surface area contributed by atoms with Gasteiger partial charge >= 0.3 is 6.03 Å². The highest BCUT2D eigenvalue weighted by atomic mass is 16.2. The van der Waals surface area contributed by atoms with Crippen molar-refractivity contribution in [3.05, 3.63) is 41.1 Å². The molecule has 1 fully saturated rings. The second-order valence-corrected chi connectivity index (χ2v) is 8.97. The Morgan fingerprint density at radius 3 is 2.58 bits per heavy atom. The predicted molar refractivity (Wildman–Crippen MR) is 116 cm³/mol. The molecule has 1 aromatic heterocycles. The normalized spacial score (nSPS) is 18.1. The highest BCUT2D eigenvalue weighted by Gasteiger charge is 2.44. The maximum Gasteiger partial charge on any atom is 0.325 e. The first-order valence-corrected chi connectivity index (χ1v) is 10.7. The molecule has 0 spiro atoms. The summed E-state index contributed by atoms with van der Waals surface area (Å²) >= 11 is 0. The number of aryl methyl sites for hydroxylation is 3. The largest absolute Gasteiger partial charge is 0.337 e. The molecule has 2 aliphatic rings. The average molecular weight is 424 g/mol. The van der Waals surface area contributed by atoms with Crippen molar-refractivity contribution < 1.29 is 14.4 Å². The summed E-state index contributed by atoms with van der Waals surface area (Å²) in [5, 5.41) is 7.41. The number of nitrogens with zero attached hydrogens (tertiary/aromatic N) is 4. The molecule has 0 radical (unpaired) electrons. The molecule has 1 aromatic carbocycles.